The van der Waals surface area contributed by atoms with Crippen LogP contribution in [0.1, 0.15) is 13.3 Å². The second-order valence-electron chi connectivity index (χ2n) is 4.40. The number of hydrogen-bond acceptors (Lipinski definition) is 4. The molecule has 4 nitrogen and oxygen atoms in total. The predicted octanol–water partition coefficient (Wildman–Crippen LogP) is 1.80. The number of aromatic nitrogens is 2. The van der Waals surface area contributed by atoms with Gasteiger partial charge in [0.15, 0.2) is 0 Å². The van der Waals surface area contributed by atoms with E-state index in [1.165, 1.54) is 0 Å². The van der Waals surface area contributed by atoms with Crippen LogP contribution in [0, 0.1) is 0 Å². The maximum absolute atomic E-state index is 5.75. The van der Waals surface area contributed by atoms with E-state index in [-0.39, 0.29) is 6.04 Å². The average molecular weight is 230 g/mol. The van der Waals surface area contributed by atoms with Crippen LogP contribution >= 0.6 is 0 Å². The third-order valence-corrected chi connectivity index (χ3v) is 2.75. The van der Waals surface area contributed by atoms with Gasteiger partial charge in [0.25, 0.3) is 0 Å². The molecule has 1 atom stereocenters. The first-order valence-electron chi connectivity index (χ1n) is 5.85. The van der Waals surface area contributed by atoms with Gasteiger partial charge in [0.05, 0.1) is 17.2 Å². The fourth-order valence-electron chi connectivity index (χ4n) is 1.64. The van der Waals surface area contributed by atoms with Gasteiger partial charge in [0, 0.05) is 19.6 Å². The summed E-state index contributed by atoms with van der Waals surface area (Å²) in [5, 5.41) is 0. The van der Waals surface area contributed by atoms with Crippen LogP contribution in [0.4, 0.5) is 5.82 Å². The zero-order chi connectivity index (χ0) is 12.3. The monoisotopic (exact) mass is 230 g/mol. The van der Waals surface area contributed by atoms with Gasteiger partial charge >= 0.3 is 0 Å². The Labute approximate surface area is 101 Å². The van der Waals surface area contributed by atoms with Crippen molar-refractivity contribution in [1.82, 2.24) is 9.97 Å². The molecule has 1 aromatic heterocycles. The summed E-state index contributed by atoms with van der Waals surface area (Å²) >= 11 is 0. The molecule has 90 valence electrons. The third-order valence-electron chi connectivity index (χ3n) is 2.75. The molecule has 0 aliphatic carbocycles. The van der Waals surface area contributed by atoms with E-state index < -0.39 is 0 Å². The van der Waals surface area contributed by atoms with E-state index in [0.29, 0.717) is 0 Å². The number of anilines is 1. The Kier molecular flexibility index (Phi) is 3.54. The molecule has 1 unspecified atom stereocenters. The van der Waals surface area contributed by atoms with Crippen LogP contribution in [-0.4, -0.2) is 29.6 Å². The van der Waals surface area contributed by atoms with Gasteiger partial charge in [0.2, 0.25) is 0 Å². The number of hydrogen-bond donors (Lipinski definition) is 1. The Hall–Kier alpha value is -1.68. The molecule has 0 saturated carbocycles. The van der Waals surface area contributed by atoms with Gasteiger partial charge in [-0.05, 0) is 25.5 Å². The standard InChI is InChI=1S/C13H18N4/c1-10(14)7-8-17(2)13-9-15-11-5-3-4-6-12(11)16-13/h3-6,9-10H,7-8,14H2,1-2H3. The molecule has 0 bridgehead atoms. The molecule has 0 fully saturated rings. The molecule has 2 rings (SSSR count). The van der Waals surface area contributed by atoms with Gasteiger partial charge in [-0.1, -0.05) is 12.1 Å². The minimum atomic E-state index is 0.214. The summed E-state index contributed by atoms with van der Waals surface area (Å²) in [6.45, 7) is 2.91. The van der Waals surface area contributed by atoms with Crippen molar-refractivity contribution >= 4 is 16.9 Å². The minimum absolute atomic E-state index is 0.214. The van der Waals surface area contributed by atoms with E-state index in [2.05, 4.69) is 14.9 Å². The first-order chi connectivity index (χ1) is 8.16. The highest BCUT2D eigenvalue weighted by atomic mass is 15.2. The third kappa shape index (κ3) is 2.91. The van der Waals surface area contributed by atoms with Crippen LogP contribution in [0.3, 0.4) is 0 Å². The molecule has 17 heavy (non-hydrogen) atoms. The van der Waals surface area contributed by atoms with Gasteiger partial charge in [-0.3, -0.25) is 4.98 Å². The summed E-state index contributed by atoms with van der Waals surface area (Å²) in [6.07, 6.45) is 2.76. The normalized spacial score (nSPS) is 12.6. The van der Waals surface area contributed by atoms with Crippen molar-refractivity contribution in [3.63, 3.8) is 0 Å². The van der Waals surface area contributed by atoms with Crippen LogP contribution in [-0.2, 0) is 0 Å². The molecular weight excluding hydrogens is 212 g/mol. The first-order valence-corrected chi connectivity index (χ1v) is 5.85. The van der Waals surface area contributed by atoms with Gasteiger partial charge in [0.1, 0.15) is 5.82 Å². The largest absolute Gasteiger partial charge is 0.358 e. The molecule has 4 heteroatoms. The Morgan fingerprint density at radius 1 is 1.29 bits per heavy atom. The van der Waals surface area contributed by atoms with Gasteiger partial charge in [-0.2, -0.15) is 0 Å². The SMILES string of the molecule is CC(N)CCN(C)c1cnc2ccccc2n1. The Balaban J connectivity index is 2.18. The summed E-state index contributed by atoms with van der Waals surface area (Å²) in [5.74, 6) is 0.893. The number of nitrogens with two attached hydrogens (primary N) is 1. The lowest BCUT2D eigenvalue weighted by Crippen LogP contribution is -2.26. The van der Waals surface area contributed by atoms with E-state index in [4.69, 9.17) is 5.73 Å². The number of para-hydroxylation sites is 2. The van der Waals surface area contributed by atoms with Gasteiger partial charge in [-0.15, -0.1) is 0 Å². The molecule has 0 radical (unpaired) electrons. The minimum Gasteiger partial charge on any atom is -0.358 e. The van der Waals surface area contributed by atoms with Crippen LogP contribution in [0.5, 0.6) is 0 Å². The molecule has 2 aromatic rings. The second-order valence-corrected chi connectivity index (χ2v) is 4.40. The lowest BCUT2D eigenvalue weighted by molar-refractivity contribution is 0.656. The summed E-state index contributed by atoms with van der Waals surface area (Å²) in [7, 11) is 2.02. The van der Waals surface area contributed by atoms with Crippen molar-refractivity contribution in [1.29, 1.82) is 0 Å². The van der Waals surface area contributed by atoms with Gasteiger partial charge < -0.3 is 10.6 Å². The van der Waals surface area contributed by atoms with Crippen molar-refractivity contribution in [3.05, 3.63) is 30.5 Å². The van der Waals surface area contributed by atoms with Crippen molar-refractivity contribution in [2.75, 3.05) is 18.5 Å². The molecule has 2 N–H and O–H groups in total. The molecule has 1 heterocycles. The molecule has 1 aromatic carbocycles. The average Bonchev–Trinajstić information content (AvgIpc) is 2.35. The van der Waals surface area contributed by atoms with E-state index in [1.807, 2.05) is 44.4 Å². The van der Waals surface area contributed by atoms with Crippen LogP contribution in [0.2, 0.25) is 0 Å². The highest BCUT2D eigenvalue weighted by molar-refractivity contribution is 5.75. The number of nitrogens with zero attached hydrogens (tertiary/aromatic N) is 3. The summed E-state index contributed by atoms with van der Waals surface area (Å²) in [5.41, 5.74) is 7.60. The van der Waals surface area contributed by atoms with Crippen molar-refractivity contribution in [2.24, 2.45) is 5.73 Å². The Morgan fingerprint density at radius 3 is 2.71 bits per heavy atom. The molecule has 0 aliphatic heterocycles. The van der Waals surface area contributed by atoms with Crippen molar-refractivity contribution in [2.45, 2.75) is 19.4 Å². The number of benzene rings is 1. The lowest BCUT2D eigenvalue weighted by atomic mass is 10.2. The fourth-order valence-corrected chi connectivity index (χ4v) is 1.64. The van der Waals surface area contributed by atoms with E-state index in [1.54, 1.807) is 0 Å². The highest BCUT2D eigenvalue weighted by Gasteiger charge is 2.05. The number of fused-ring (bicyclic) bond motifs is 1. The highest BCUT2D eigenvalue weighted by Crippen LogP contribution is 2.14. The van der Waals surface area contributed by atoms with E-state index in [0.717, 1.165) is 29.8 Å². The predicted molar refractivity (Wildman–Crippen MR) is 71.1 cm³/mol. The van der Waals surface area contributed by atoms with Crippen LogP contribution in [0.25, 0.3) is 11.0 Å². The van der Waals surface area contributed by atoms with Crippen molar-refractivity contribution in [3.8, 4) is 0 Å². The van der Waals surface area contributed by atoms with E-state index in [9.17, 15) is 0 Å². The topological polar surface area (TPSA) is 55.0 Å². The first kappa shape index (κ1) is 11.8. The van der Waals surface area contributed by atoms with Crippen LogP contribution < -0.4 is 10.6 Å². The fraction of sp³-hybridized carbons (Fsp3) is 0.385. The van der Waals surface area contributed by atoms with Crippen LogP contribution in [0.15, 0.2) is 30.5 Å². The quantitative estimate of drug-likeness (QED) is 0.870. The summed E-state index contributed by atoms with van der Waals surface area (Å²) in [4.78, 5) is 11.1. The zero-order valence-electron chi connectivity index (χ0n) is 10.3. The smallest absolute Gasteiger partial charge is 0.147 e. The maximum Gasteiger partial charge on any atom is 0.147 e. The lowest BCUT2D eigenvalue weighted by Gasteiger charge is -2.19. The Morgan fingerprint density at radius 2 is 2.00 bits per heavy atom. The molecular formula is C13H18N4. The molecule has 0 saturated heterocycles. The van der Waals surface area contributed by atoms with E-state index >= 15 is 0 Å². The summed E-state index contributed by atoms with van der Waals surface area (Å²) < 4.78 is 0. The van der Waals surface area contributed by atoms with Gasteiger partial charge in [-0.25, -0.2) is 4.98 Å². The second kappa shape index (κ2) is 5.10. The molecule has 0 amide bonds. The zero-order valence-corrected chi connectivity index (χ0v) is 10.3. The molecule has 0 aliphatic rings. The summed E-state index contributed by atoms with van der Waals surface area (Å²) in [6, 6.07) is 8.10. The van der Waals surface area contributed by atoms with Crippen molar-refractivity contribution < 1.29 is 0 Å². The maximum atomic E-state index is 5.75. The number of rotatable bonds is 4. The molecule has 0 spiro atoms. The Bertz CT molecular complexity index is 495.